The van der Waals surface area contributed by atoms with Gasteiger partial charge >= 0.3 is 0 Å². The molecular weight excluding hydrogens is 240 g/mol. The maximum absolute atomic E-state index is 12.2. The summed E-state index contributed by atoms with van der Waals surface area (Å²) in [7, 11) is 0. The van der Waals surface area contributed by atoms with E-state index in [4.69, 9.17) is 5.73 Å². The summed E-state index contributed by atoms with van der Waals surface area (Å²) in [5.74, 6) is -0.664. The van der Waals surface area contributed by atoms with Gasteiger partial charge in [-0.2, -0.15) is 0 Å². The van der Waals surface area contributed by atoms with E-state index in [1.54, 1.807) is 13.8 Å². The Bertz CT molecular complexity index is 452. The van der Waals surface area contributed by atoms with Crippen LogP contribution in [0.15, 0.2) is 30.3 Å². The first-order valence-corrected chi connectivity index (χ1v) is 6.67. The van der Waals surface area contributed by atoms with Gasteiger partial charge in [0.25, 0.3) is 0 Å². The molecule has 102 valence electrons. The van der Waals surface area contributed by atoms with Gasteiger partial charge in [0.05, 0.1) is 6.04 Å². The fourth-order valence-electron chi connectivity index (χ4n) is 2.50. The molecule has 2 amide bonds. The highest BCUT2D eigenvalue weighted by atomic mass is 16.2. The molecule has 1 aromatic rings. The molecule has 2 rings (SSSR count). The SMILES string of the molecule is CC1C(=O)N(C(CN)Cc2ccccc2)C(=O)C1C. The predicted molar refractivity (Wildman–Crippen MR) is 73.2 cm³/mol. The molecule has 1 aliphatic rings. The van der Waals surface area contributed by atoms with Crippen LogP contribution in [0.5, 0.6) is 0 Å². The summed E-state index contributed by atoms with van der Waals surface area (Å²) in [5.41, 5.74) is 6.86. The lowest BCUT2D eigenvalue weighted by molar-refractivity contribution is -0.142. The molecule has 0 spiro atoms. The van der Waals surface area contributed by atoms with Gasteiger partial charge in [0.15, 0.2) is 0 Å². The van der Waals surface area contributed by atoms with Gasteiger partial charge in [0, 0.05) is 18.4 Å². The average Bonchev–Trinajstić information content (AvgIpc) is 2.62. The predicted octanol–water partition coefficient (Wildman–Crippen LogP) is 1.20. The van der Waals surface area contributed by atoms with Crippen LogP contribution in [0.2, 0.25) is 0 Å². The first kappa shape index (κ1) is 13.7. The number of benzene rings is 1. The zero-order chi connectivity index (χ0) is 14.0. The Labute approximate surface area is 113 Å². The molecule has 1 aliphatic heterocycles. The number of nitrogens with zero attached hydrogens (tertiary/aromatic N) is 1. The Morgan fingerprint density at radius 3 is 2.11 bits per heavy atom. The van der Waals surface area contributed by atoms with Crippen LogP contribution in [0.25, 0.3) is 0 Å². The summed E-state index contributed by atoms with van der Waals surface area (Å²) in [6, 6.07) is 9.57. The van der Waals surface area contributed by atoms with Crippen LogP contribution in [-0.4, -0.2) is 29.3 Å². The quantitative estimate of drug-likeness (QED) is 0.827. The fourth-order valence-corrected chi connectivity index (χ4v) is 2.50. The van der Waals surface area contributed by atoms with Crippen LogP contribution >= 0.6 is 0 Å². The van der Waals surface area contributed by atoms with Gasteiger partial charge in [-0.25, -0.2) is 0 Å². The Hall–Kier alpha value is -1.68. The summed E-state index contributed by atoms with van der Waals surface area (Å²) < 4.78 is 0. The van der Waals surface area contributed by atoms with Gasteiger partial charge in [0.2, 0.25) is 11.8 Å². The zero-order valence-electron chi connectivity index (χ0n) is 11.4. The third-order valence-electron chi connectivity index (χ3n) is 3.96. The van der Waals surface area contributed by atoms with Crippen LogP contribution in [0.4, 0.5) is 0 Å². The van der Waals surface area contributed by atoms with Gasteiger partial charge in [-0.1, -0.05) is 44.2 Å². The minimum absolute atomic E-state index is 0.0936. The molecule has 19 heavy (non-hydrogen) atoms. The molecule has 3 unspecified atom stereocenters. The van der Waals surface area contributed by atoms with Crippen molar-refractivity contribution in [3.8, 4) is 0 Å². The van der Waals surface area contributed by atoms with Gasteiger partial charge in [0.1, 0.15) is 0 Å². The van der Waals surface area contributed by atoms with Crippen LogP contribution in [0, 0.1) is 11.8 Å². The van der Waals surface area contributed by atoms with Crippen LogP contribution < -0.4 is 5.73 Å². The highest BCUT2D eigenvalue weighted by molar-refractivity contribution is 6.05. The van der Waals surface area contributed by atoms with Crippen LogP contribution in [0.3, 0.4) is 0 Å². The van der Waals surface area contributed by atoms with E-state index in [0.717, 1.165) is 5.56 Å². The summed E-state index contributed by atoms with van der Waals surface area (Å²) in [6.07, 6.45) is 0.619. The summed E-state index contributed by atoms with van der Waals surface area (Å²) in [4.78, 5) is 25.7. The Kier molecular flexibility index (Phi) is 4.00. The van der Waals surface area contributed by atoms with Gasteiger partial charge in [-0.05, 0) is 12.0 Å². The third-order valence-corrected chi connectivity index (χ3v) is 3.96. The molecule has 0 bridgehead atoms. The number of amides is 2. The first-order valence-electron chi connectivity index (χ1n) is 6.67. The van der Waals surface area contributed by atoms with Crippen molar-refractivity contribution >= 4 is 11.8 Å². The number of rotatable bonds is 4. The molecule has 1 saturated heterocycles. The molecule has 1 fully saturated rings. The number of likely N-dealkylation sites (tertiary alicyclic amines) is 1. The van der Waals surface area contributed by atoms with E-state index < -0.39 is 0 Å². The molecule has 4 nitrogen and oxygen atoms in total. The normalized spacial score (nSPS) is 24.9. The maximum atomic E-state index is 12.2. The zero-order valence-corrected chi connectivity index (χ0v) is 11.4. The molecule has 0 saturated carbocycles. The van der Waals surface area contributed by atoms with E-state index in [1.807, 2.05) is 30.3 Å². The standard InChI is InChI=1S/C15H20N2O2/c1-10-11(2)15(19)17(14(10)18)13(9-16)8-12-6-4-3-5-7-12/h3-7,10-11,13H,8-9,16H2,1-2H3. The monoisotopic (exact) mass is 260 g/mol. The fraction of sp³-hybridized carbons (Fsp3) is 0.467. The number of hydrogen-bond donors (Lipinski definition) is 1. The second-order valence-electron chi connectivity index (χ2n) is 5.20. The Morgan fingerprint density at radius 1 is 1.11 bits per heavy atom. The molecule has 0 radical (unpaired) electrons. The van der Waals surface area contributed by atoms with E-state index in [2.05, 4.69) is 0 Å². The minimum Gasteiger partial charge on any atom is -0.328 e. The number of imide groups is 1. The Morgan fingerprint density at radius 2 is 1.63 bits per heavy atom. The molecule has 1 aromatic carbocycles. The smallest absolute Gasteiger partial charge is 0.233 e. The molecule has 2 N–H and O–H groups in total. The lowest BCUT2D eigenvalue weighted by Gasteiger charge is -2.25. The summed E-state index contributed by atoms with van der Waals surface area (Å²) >= 11 is 0. The number of carbonyl (C=O) groups excluding carboxylic acids is 2. The van der Waals surface area contributed by atoms with Crippen molar-refractivity contribution in [1.82, 2.24) is 4.90 Å². The number of hydrogen-bond acceptors (Lipinski definition) is 3. The Balaban J connectivity index is 2.18. The molecule has 1 heterocycles. The van der Waals surface area contributed by atoms with E-state index in [-0.39, 0.29) is 29.7 Å². The molecule has 0 aliphatic carbocycles. The van der Waals surface area contributed by atoms with E-state index >= 15 is 0 Å². The van der Waals surface area contributed by atoms with Crippen LogP contribution in [-0.2, 0) is 16.0 Å². The second-order valence-corrected chi connectivity index (χ2v) is 5.20. The van der Waals surface area contributed by atoms with Crippen molar-refractivity contribution < 1.29 is 9.59 Å². The topological polar surface area (TPSA) is 63.4 Å². The first-order chi connectivity index (χ1) is 9.06. The second kappa shape index (κ2) is 5.53. The molecule has 3 atom stereocenters. The molecule has 0 aromatic heterocycles. The molecule has 4 heteroatoms. The van der Waals surface area contributed by atoms with Crippen molar-refractivity contribution in [2.24, 2.45) is 17.6 Å². The van der Waals surface area contributed by atoms with Crippen LogP contribution in [0.1, 0.15) is 19.4 Å². The maximum Gasteiger partial charge on any atom is 0.233 e. The lowest BCUT2D eigenvalue weighted by atomic mass is 10.00. The van der Waals surface area contributed by atoms with Crippen molar-refractivity contribution in [3.63, 3.8) is 0 Å². The number of carbonyl (C=O) groups is 2. The van der Waals surface area contributed by atoms with E-state index in [1.165, 1.54) is 4.90 Å². The van der Waals surface area contributed by atoms with E-state index in [0.29, 0.717) is 13.0 Å². The van der Waals surface area contributed by atoms with Gasteiger partial charge in [-0.15, -0.1) is 0 Å². The van der Waals surface area contributed by atoms with Crippen molar-refractivity contribution in [2.45, 2.75) is 26.3 Å². The average molecular weight is 260 g/mol. The van der Waals surface area contributed by atoms with Crippen molar-refractivity contribution in [1.29, 1.82) is 0 Å². The van der Waals surface area contributed by atoms with Crippen molar-refractivity contribution in [2.75, 3.05) is 6.54 Å². The minimum atomic E-state index is -0.241. The van der Waals surface area contributed by atoms with E-state index in [9.17, 15) is 9.59 Å². The molecular formula is C15H20N2O2. The van der Waals surface area contributed by atoms with Gasteiger partial charge < -0.3 is 5.73 Å². The van der Waals surface area contributed by atoms with Gasteiger partial charge in [-0.3, -0.25) is 14.5 Å². The highest BCUT2D eigenvalue weighted by Gasteiger charge is 2.44. The summed E-state index contributed by atoms with van der Waals surface area (Å²) in [6.45, 7) is 3.91. The largest absolute Gasteiger partial charge is 0.328 e. The van der Waals surface area contributed by atoms with Crippen molar-refractivity contribution in [3.05, 3.63) is 35.9 Å². The highest BCUT2D eigenvalue weighted by Crippen LogP contribution is 2.27. The number of nitrogens with two attached hydrogens (primary N) is 1. The lowest BCUT2D eigenvalue weighted by Crippen LogP contribution is -2.46. The third kappa shape index (κ3) is 2.54. The summed E-state index contributed by atoms with van der Waals surface area (Å²) in [5, 5.41) is 0.